The molecule has 0 aliphatic carbocycles. The van der Waals surface area contributed by atoms with Crippen LogP contribution in [0.3, 0.4) is 0 Å². The first-order valence-corrected chi connectivity index (χ1v) is 9.87. The quantitative estimate of drug-likeness (QED) is 0.544. The lowest BCUT2D eigenvalue weighted by Crippen LogP contribution is -2.43. The van der Waals surface area contributed by atoms with Gasteiger partial charge in [0.05, 0.1) is 5.69 Å². The van der Waals surface area contributed by atoms with E-state index >= 15 is 0 Å². The van der Waals surface area contributed by atoms with Crippen LogP contribution in [0.25, 0.3) is 11.4 Å². The second kappa shape index (κ2) is 7.93. The van der Waals surface area contributed by atoms with Crippen LogP contribution in [0.2, 0.25) is 0 Å². The normalized spacial score (nSPS) is 11.8. The van der Waals surface area contributed by atoms with Gasteiger partial charge in [0.25, 0.3) is 0 Å². The predicted molar refractivity (Wildman–Crippen MR) is 108 cm³/mol. The number of thiazole rings is 1. The van der Waals surface area contributed by atoms with Crippen molar-refractivity contribution in [2.24, 2.45) is 0 Å². The summed E-state index contributed by atoms with van der Waals surface area (Å²) in [7, 11) is 0. The molecule has 0 radical (unpaired) electrons. The number of pyridine rings is 1. The summed E-state index contributed by atoms with van der Waals surface area (Å²) in [6.07, 6.45) is -1.69. The summed E-state index contributed by atoms with van der Waals surface area (Å²) in [5.74, 6) is 0. The van der Waals surface area contributed by atoms with Crippen LogP contribution < -0.4 is 4.90 Å². The van der Waals surface area contributed by atoms with Gasteiger partial charge in [-0.1, -0.05) is 6.07 Å². The molecule has 0 aromatic carbocycles. The van der Waals surface area contributed by atoms with Crippen molar-refractivity contribution in [2.45, 2.75) is 52.7 Å². The minimum atomic E-state index is -0.847. The summed E-state index contributed by atoms with van der Waals surface area (Å²) in [5.41, 5.74) is -0.402. The molecule has 0 N–H and O–H groups in total. The number of rotatable bonds is 2. The zero-order chi connectivity index (χ0) is 20.4. The van der Waals surface area contributed by atoms with Gasteiger partial charge < -0.3 is 9.47 Å². The lowest BCUT2D eigenvalue weighted by molar-refractivity contribution is 0.0430. The second-order valence-corrected chi connectivity index (χ2v) is 9.31. The first-order chi connectivity index (χ1) is 12.4. The third kappa shape index (κ3) is 6.28. The van der Waals surface area contributed by atoms with Crippen molar-refractivity contribution in [2.75, 3.05) is 4.90 Å². The highest BCUT2D eigenvalue weighted by Crippen LogP contribution is 2.29. The minimum Gasteiger partial charge on any atom is -0.443 e. The summed E-state index contributed by atoms with van der Waals surface area (Å²) in [6.45, 7) is 10.3. The summed E-state index contributed by atoms with van der Waals surface area (Å²) < 4.78 is 11.4. The molecule has 146 valence electrons. The number of imide groups is 1. The topological polar surface area (TPSA) is 81.6 Å². The van der Waals surface area contributed by atoms with E-state index in [4.69, 9.17) is 9.47 Å². The third-order valence-corrected chi connectivity index (χ3v) is 4.08. The zero-order valence-corrected chi connectivity index (χ0v) is 18.5. The van der Waals surface area contributed by atoms with Gasteiger partial charge in [0, 0.05) is 5.38 Å². The van der Waals surface area contributed by atoms with Crippen molar-refractivity contribution < 1.29 is 19.1 Å². The number of halogens is 1. The van der Waals surface area contributed by atoms with Crippen molar-refractivity contribution in [3.05, 3.63) is 28.2 Å². The molecule has 2 amide bonds. The maximum Gasteiger partial charge on any atom is 0.426 e. The predicted octanol–water partition coefficient (Wildman–Crippen LogP) is 5.64. The number of ether oxygens (including phenoxy) is 2. The second-order valence-electron chi connectivity index (χ2n) is 7.66. The Kier molecular flexibility index (Phi) is 6.26. The van der Waals surface area contributed by atoms with E-state index in [0.29, 0.717) is 16.0 Å². The summed E-state index contributed by atoms with van der Waals surface area (Å²) >= 11 is 4.44. The van der Waals surface area contributed by atoms with E-state index in [9.17, 15) is 9.59 Å². The molecule has 0 aliphatic heterocycles. The Bertz CT molecular complexity index is 812. The lowest BCUT2D eigenvalue weighted by atomic mass is 10.2. The summed E-state index contributed by atoms with van der Waals surface area (Å²) in [5, 5.41) is 1.86. The van der Waals surface area contributed by atoms with E-state index in [1.54, 1.807) is 59.1 Å². The van der Waals surface area contributed by atoms with E-state index in [0.717, 1.165) is 16.2 Å². The van der Waals surface area contributed by atoms with Gasteiger partial charge in [-0.25, -0.2) is 19.6 Å². The highest BCUT2D eigenvalue weighted by atomic mass is 79.9. The molecule has 9 heteroatoms. The van der Waals surface area contributed by atoms with Crippen LogP contribution in [0.4, 0.5) is 14.7 Å². The maximum atomic E-state index is 12.6. The fourth-order valence-electron chi connectivity index (χ4n) is 1.88. The molecule has 7 nitrogen and oxygen atoms in total. The van der Waals surface area contributed by atoms with Crippen molar-refractivity contribution in [3.8, 4) is 11.4 Å². The number of hydrogen-bond acceptors (Lipinski definition) is 7. The molecule has 0 bridgehead atoms. The monoisotopic (exact) mass is 455 g/mol. The molecular formula is C18H22BrN3O4S. The Hall–Kier alpha value is -2.00. The van der Waals surface area contributed by atoms with Gasteiger partial charge in [0.2, 0.25) is 5.13 Å². The summed E-state index contributed by atoms with van der Waals surface area (Å²) in [4.78, 5) is 34.8. The van der Waals surface area contributed by atoms with Gasteiger partial charge in [-0.15, -0.1) is 11.3 Å². The van der Waals surface area contributed by atoms with Crippen molar-refractivity contribution in [1.82, 2.24) is 9.97 Å². The van der Waals surface area contributed by atoms with E-state index in [-0.39, 0.29) is 5.13 Å². The maximum absolute atomic E-state index is 12.6. The van der Waals surface area contributed by atoms with Gasteiger partial charge in [-0.05, 0) is 69.6 Å². The number of amides is 2. The number of nitrogens with zero attached hydrogens (tertiary/aromatic N) is 3. The van der Waals surface area contributed by atoms with Crippen LogP contribution in [0, 0.1) is 0 Å². The van der Waals surface area contributed by atoms with Crippen LogP contribution in [-0.4, -0.2) is 33.4 Å². The molecule has 0 spiro atoms. The van der Waals surface area contributed by atoms with Crippen molar-refractivity contribution in [3.63, 3.8) is 0 Å². The smallest absolute Gasteiger partial charge is 0.426 e. The number of aromatic nitrogens is 2. The van der Waals surface area contributed by atoms with Crippen LogP contribution in [-0.2, 0) is 9.47 Å². The molecule has 0 saturated heterocycles. The highest BCUT2D eigenvalue weighted by molar-refractivity contribution is 9.10. The van der Waals surface area contributed by atoms with Crippen LogP contribution in [0.1, 0.15) is 41.5 Å². The fourth-order valence-corrected chi connectivity index (χ4v) is 3.02. The zero-order valence-electron chi connectivity index (χ0n) is 16.1. The molecule has 0 unspecified atom stereocenters. The largest absolute Gasteiger partial charge is 0.443 e. The number of carbonyl (C=O) groups is 2. The van der Waals surface area contributed by atoms with Crippen LogP contribution >= 0.6 is 27.3 Å². The third-order valence-electron chi connectivity index (χ3n) is 2.81. The van der Waals surface area contributed by atoms with Crippen molar-refractivity contribution in [1.29, 1.82) is 0 Å². The number of hydrogen-bond donors (Lipinski definition) is 0. The Morgan fingerprint density at radius 3 is 2.00 bits per heavy atom. The molecule has 0 saturated carbocycles. The van der Waals surface area contributed by atoms with E-state index in [2.05, 4.69) is 25.9 Å². The Balaban J connectivity index is 2.38. The van der Waals surface area contributed by atoms with E-state index in [1.807, 2.05) is 6.07 Å². The van der Waals surface area contributed by atoms with Crippen LogP contribution in [0.5, 0.6) is 0 Å². The number of anilines is 1. The standard InChI is InChI=1S/C18H22BrN3O4S/c1-17(2,3)25-15(23)22(16(24)26-18(4,5)6)14-21-12(10-27-14)11-8-7-9-13(19)20-11/h7-10H,1-6H3. The molecule has 0 fully saturated rings. The average Bonchev–Trinajstić information content (AvgIpc) is 2.92. The van der Waals surface area contributed by atoms with Gasteiger partial charge in [-0.3, -0.25) is 0 Å². The van der Waals surface area contributed by atoms with Crippen LogP contribution in [0.15, 0.2) is 28.2 Å². The molecule has 2 rings (SSSR count). The Morgan fingerprint density at radius 2 is 1.52 bits per heavy atom. The first kappa shape index (κ1) is 21.3. The average molecular weight is 456 g/mol. The lowest BCUT2D eigenvalue weighted by Gasteiger charge is -2.27. The van der Waals surface area contributed by atoms with E-state index in [1.165, 1.54) is 0 Å². The molecular weight excluding hydrogens is 434 g/mol. The molecule has 27 heavy (non-hydrogen) atoms. The minimum absolute atomic E-state index is 0.148. The van der Waals surface area contributed by atoms with Gasteiger partial charge in [0.15, 0.2) is 0 Å². The molecule has 0 aliphatic rings. The van der Waals surface area contributed by atoms with Crippen molar-refractivity contribution >= 4 is 44.6 Å². The Morgan fingerprint density at radius 1 is 0.963 bits per heavy atom. The molecule has 2 aromatic rings. The highest BCUT2D eigenvalue weighted by Gasteiger charge is 2.34. The Labute approximate surface area is 170 Å². The fraction of sp³-hybridized carbons (Fsp3) is 0.444. The van der Waals surface area contributed by atoms with E-state index < -0.39 is 23.4 Å². The summed E-state index contributed by atoms with van der Waals surface area (Å²) in [6, 6.07) is 5.41. The van der Waals surface area contributed by atoms with Gasteiger partial charge in [0.1, 0.15) is 21.5 Å². The molecule has 2 heterocycles. The molecule has 0 atom stereocenters. The first-order valence-electron chi connectivity index (χ1n) is 8.20. The SMILES string of the molecule is CC(C)(C)OC(=O)N(C(=O)OC(C)(C)C)c1nc(-c2cccc(Br)n2)cs1. The van der Waals surface area contributed by atoms with Gasteiger partial charge in [-0.2, -0.15) is 4.90 Å². The number of carbonyl (C=O) groups excluding carboxylic acids is 2. The van der Waals surface area contributed by atoms with Gasteiger partial charge >= 0.3 is 12.2 Å². The molecule has 2 aromatic heterocycles.